The fraction of sp³-hybridized carbons (Fsp3) is 0.273. The number of ether oxygens (including phenoxy) is 1. The van der Waals surface area contributed by atoms with Gasteiger partial charge in [-0.05, 0) is 37.6 Å². The van der Waals surface area contributed by atoms with Gasteiger partial charge in [0.2, 0.25) is 10.0 Å². The lowest BCUT2D eigenvalue weighted by Gasteiger charge is -2.16. The topological polar surface area (TPSA) is 93.5 Å². The lowest BCUT2D eigenvalue weighted by molar-refractivity contribution is 0.102. The largest absolute Gasteiger partial charge is 0.495 e. The van der Waals surface area contributed by atoms with Crippen LogP contribution in [-0.2, 0) is 16.6 Å². The molecule has 1 heterocycles. The van der Waals surface area contributed by atoms with Gasteiger partial charge in [-0.25, -0.2) is 12.7 Å². The van der Waals surface area contributed by atoms with E-state index in [1.807, 2.05) is 37.3 Å². The quantitative estimate of drug-likeness (QED) is 0.607. The Morgan fingerprint density at radius 2 is 1.81 bits per heavy atom. The van der Waals surface area contributed by atoms with E-state index in [4.69, 9.17) is 4.74 Å². The first-order chi connectivity index (χ1) is 14.6. The first kappa shape index (κ1) is 22.5. The molecule has 0 saturated heterocycles. The van der Waals surface area contributed by atoms with Crippen molar-refractivity contribution in [3.63, 3.8) is 0 Å². The molecule has 0 spiro atoms. The molecule has 0 aliphatic rings. The highest BCUT2D eigenvalue weighted by Gasteiger charge is 2.24. The SMILES string of the molecule is COc1ccc(NC(=O)c2c(C)nn(Cc3ccccc3)c2C)cc1S(=O)(=O)N(C)C. The summed E-state index contributed by atoms with van der Waals surface area (Å²) >= 11 is 0. The number of hydrogen-bond acceptors (Lipinski definition) is 5. The number of rotatable bonds is 7. The smallest absolute Gasteiger partial charge is 0.259 e. The molecule has 164 valence electrons. The molecule has 0 unspecified atom stereocenters. The molecule has 31 heavy (non-hydrogen) atoms. The minimum absolute atomic E-state index is 0.0222. The zero-order chi connectivity index (χ0) is 22.8. The van der Waals surface area contributed by atoms with Gasteiger partial charge in [-0.1, -0.05) is 30.3 Å². The van der Waals surface area contributed by atoms with Crippen molar-refractivity contribution in [3.8, 4) is 5.75 Å². The third-order valence-corrected chi connectivity index (χ3v) is 6.80. The second-order valence-electron chi connectivity index (χ2n) is 7.30. The first-order valence-electron chi connectivity index (χ1n) is 9.65. The Balaban J connectivity index is 1.90. The highest BCUT2D eigenvalue weighted by Crippen LogP contribution is 2.29. The lowest BCUT2D eigenvalue weighted by Crippen LogP contribution is -2.23. The van der Waals surface area contributed by atoms with Crippen molar-refractivity contribution in [2.24, 2.45) is 0 Å². The van der Waals surface area contributed by atoms with Crippen LogP contribution in [0.1, 0.15) is 27.3 Å². The van der Waals surface area contributed by atoms with Gasteiger partial charge in [-0.3, -0.25) is 9.48 Å². The number of anilines is 1. The monoisotopic (exact) mass is 442 g/mol. The molecule has 3 rings (SSSR count). The van der Waals surface area contributed by atoms with Crippen LogP contribution in [0.15, 0.2) is 53.4 Å². The Bertz CT molecular complexity index is 1200. The van der Waals surface area contributed by atoms with Crippen molar-refractivity contribution in [1.82, 2.24) is 14.1 Å². The van der Waals surface area contributed by atoms with Gasteiger partial charge < -0.3 is 10.1 Å². The van der Waals surface area contributed by atoms with E-state index in [0.717, 1.165) is 15.6 Å². The molecule has 9 heteroatoms. The van der Waals surface area contributed by atoms with Crippen LogP contribution in [0.3, 0.4) is 0 Å². The Labute approximate surface area is 182 Å². The summed E-state index contributed by atoms with van der Waals surface area (Å²) in [5, 5.41) is 7.30. The number of carbonyl (C=O) groups excluding carboxylic acids is 1. The minimum Gasteiger partial charge on any atom is -0.495 e. The van der Waals surface area contributed by atoms with Crippen molar-refractivity contribution < 1.29 is 17.9 Å². The number of carbonyl (C=O) groups is 1. The molecule has 0 saturated carbocycles. The van der Waals surface area contributed by atoms with Gasteiger partial charge in [0, 0.05) is 25.5 Å². The molecule has 0 fully saturated rings. The second kappa shape index (κ2) is 8.91. The van der Waals surface area contributed by atoms with Crippen LogP contribution >= 0.6 is 0 Å². The number of hydrogen-bond donors (Lipinski definition) is 1. The number of aryl methyl sites for hydroxylation is 1. The van der Waals surface area contributed by atoms with E-state index in [9.17, 15) is 13.2 Å². The standard InChI is InChI=1S/C22H26N4O4S/c1-15-21(16(2)26(24-15)14-17-9-7-6-8-10-17)22(27)23-18-11-12-19(30-5)20(13-18)31(28,29)25(3)4/h6-13H,14H2,1-5H3,(H,23,27). The zero-order valence-corrected chi connectivity index (χ0v) is 19.0. The van der Waals surface area contributed by atoms with Crippen LogP contribution in [0.25, 0.3) is 0 Å². The zero-order valence-electron chi connectivity index (χ0n) is 18.2. The molecular formula is C22H26N4O4S. The lowest BCUT2D eigenvalue weighted by atomic mass is 10.1. The van der Waals surface area contributed by atoms with Gasteiger partial charge >= 0.3 is 0 Å². The van der Waals surface area contributed by atoms with Gasteiger partial charge in [0.1, 0.15) is 10.6 Å². The Morgan fingerprint density at radius 1 is 1.13 bits per heavy atom. The number of benzene rings is 2. The van der Waals surface area contributed by atoms with Crippen LogP contribution in [0.2, 0.25) is 0 Å². The third-order valence-electron chi connectivity index (χ3n) is 4.96. The maximum absolute atomic E-state index is 13.0. The van der Waals surface area contributed by atoms with E-state index in [1.54, 1.807) is 17.7 Å². The molecule has 0 aliphatic heterocycles. The van der Waals surface area contributed by atoms with Crippen LogP contribution < -0.4 is 10.1 Å². The van der Waals surface area contributed by atoms with Gasteiger partial charge in [-0.2, -0.15) is 5.10 Å². The molecule has 3 aromatic rings. The van der Waals surface area contributed by atoms with Crippen LogP contribution in [0, 0.1) is 13.8 Å². The number of amides is 1. The van der Waals surface area contributed by atoms with E-state index in [2.05, 4.69) is 10.4 Å². The number of aromatic nitrogens is 2. The van der Waals surface area contributed by atoms with Crippen molar-refractivity contribution in [2.75, 3.05) is 26.5 Å². The maximum Gasteiger partial charge on any atom is 0.259 e. The summed E-state index contributed by atoms with van der Waals surface area (Å²) in [4.78, 5) is 13.0. The molecule has 1 N–H and O–H groups in total. The second-order valence-corrected chi connectivity index (χ2v) is 9.42. The van der Waals surface area contributed by atoms with E-state index in [-0.39, 0.29) is 16.6 Å². The molecular weight excluding hydrogens is 416 g/mol. The summed E-state index contributed by atoms with van der Waals surface area (Å²) in [5.41, 5.74) is 3.22. The Morgan fingerprint density at radius 3 is 2.42 bits per heavy atom. The minimum atomic E-state index is -3.75. The summed E-state index contributed by atoms with van der Waals surface area (Å²) in [6.07, 6.45) is 0. The molecule has 1 amide bonds. The molecule has 0 atom stereocenters. The molecule has 0 radical (unpaired) electrons. The third kappa shape index (κ3) is 4.62. The van der Waals surface area contributed by atoms with Crippen LogP contribution in [-0.4, -0.2) is 49.6 Å². The first-order valence-corrected chi connectivity index (χ1v) is 11.1. The summed E-state index contributed by atoms with van der Waals surface area (Å²) in [5.74, 6) is -0.151. The summed E-state index contributed by atoms with van der Waals surface area (Å²) in [6, 6.07) is 14.4. The molecule has 0 aliphatic carbocycles. The highest BCUT2D eigenvalue weighted by molar-refractivity contribution is 7.89. The fourth-order valence-corrected chi connectivity index (χ4v) is 4.36. The van der Waals surface area contributed by atoms with E-state index in [0.29, 0.717) is 23.5 Å². The summed E-state index contributed by atoms with van der Waals surface area (Å²) in [6.45, 7) is 4.17. The summed E-state index contributed by atoms with van der Waals surface area (Å²) in [7, 11) is 0.527. The van der Waals surface area contributed by atoms with Gasteiger partial charge in [0.15, 0.2) is 0 Å². The van der Waals surface area contributed by atoms with Crippen molar-refractivity contribution >= 4 is 21.6 Å². The van der Waals surface area contributed by atoms with Crippen LogP contribution in [0.4, 0.5) is 5.69 Å². The molecule has 8 nitrogen and oxygen atoms in total. The normalized spacial score (nSPS) is 11.5. The van der Waals surface area contributed by atoms with Gasteiger partial charge in [0.05, 0.1) is 24.9 Å². The van der Waals surface area contributed by atoms with Crippen molar-refractivity contribution in [2.45, 2.75) is 25.3 Å². The number of nitrogens with one attached hydrogen (secondary N) is 1. The average Bonchev–Trinajstić information content (AvgIpc) is 3.01. The van der Waals surface area contributed by atoms with E-state index < -0.39 is 10.0 Å². The Hall–Kier alpha value is -3.17. The van der Waals surface area contributed by atoms with Crippen molar-refractivity contribution in [3.05, 3.63) is 71.0 Å². The fourth-order valence-electron chi connectivity index (χ4n) is 3.28. The number of methoxy groups -OCH3 is 1. The summed E-state index contributed by atoms with van der Waals surface area (Å²) < 4.78 is 33.3. The molecule has 0 bridgehead atoms. The highest BCUT2D eigenvalue weighted by atomic mass is 32.2. The number of nitrogens with zero attached hydrogens (tertiary/aromatic N) is 3. The van der Waals surface area contributed by atoms with Gasteiger partial charge in [-0.15, -0.1) is 0 Å². The predicted octanol–water partition coefficient (Wildman–Crippen LogP) is 3.06. The number of sulfonamides is 1. The molecule has 2 aromatic carbocycles. The van der Waals surface area contributed by atoms with Crippen LogP contribution in [0.5, 0.6) is 5.75 Å². The van der Waals surface area contributed by atoms with Crippen molar-refractivity contribution in [1.29, 1.82) is 0 Å². The van der Waals surface area contributed by atoms with Gasteiger partial charge in [0.25, 0.3) is 5.91 Å². The maximum atomic E-state index is 13.0. The van der Waals surface area contributed by atoms with E-state index >= 15 is 0 Å². The Kier molecular flexibility index (Phi) is 6.47. The average molecular weight is 443 g/mol. The predicted molar refractivity (Wildman–Crippen MR) is 119 cm³/mol. The van der Waals surface area contributed by atoms with E-state index in [1.165, 1.54) is 33.3 Å². The molecule has 1 aromatic heterocycles.